The van der Waals surface area contributed by atoms with Gasteiger partial charge in [0, 0.05) is 23.6 Å². The van der Waals surface area contributed by atoms with E-state index in [9.17, 15) is 4.79 Å². The topological polar surface area (TPSA) is 101 Å². The van der Waals surface area contributed by atoms with Crippen molar-refractivity contribution in [1.82, 2.24) is 15.0 Å². The van der Waals surface area contributed by atoms with Gasteiger partial charge in [0.05, 0.1) is 0 Å². The molecule has 1 amide bonds. The number of amides is 1. The third-order valence-corrected chi connectivity index (χ3v) is 4.59. The number of ether oxygens (including phenoxy) is 1. The Kier molecular flexibility index (Phi) is 6.75. The van der Waals surface area contributed by atoms with Gasteiger partial charge in [0.25, 0.3) is 5.91 Å². The van der Waals surface area contributed by atoms with Gasteiger partial charge in [0.2, 0.25) is 0 Å². The highest BCUT2D eigenvalue weighted by molar-refractivity contribution is 5.92. The zero-order chi connectivity index (χ0) is 23.0. The first kappa shape index (κ1) is 21.8. The van der Waals surface area contributed by atoms with Gasteiger partial charge in [0.15, 0.2) is 6.61 Å². The summed E-state index contributed by atoms with van der Waals surface area (Å²) in [6.45, 7) is 3.76. The number of carbonyl (C=O) groups excluding carboxylic acids is 1. The van der Waals surface area contributed by atoms with Gasteiger partial charge in [-0.1, -0.05) is 23.8 Å². The van der Waals surface area contributed by atoms with Crippen molar-refractivity contribution in [2.24, 2.45) is 0 Å². The lowest BCUT2D eigenvalue weighted by atomic mass is 10.2. The van der Waals surface area contributed by atoms with Crippen molar-refractivity contribution < 1.29 is 9.53 Å². The Morgan fingerprint density at radius 2 is 1.52 bits per heavy atom. The van der Waals surface area contributed by atoms with Crippen LogP contribution in [0.5, 0.6) is 5.75 Å². The summed E-state index contributed by atoms with van der Waals surface area (Å²) < 4.78 is 5.51. The van der Waals surface area contributed by atoms with Crippen molar-refractivity contribution in [2.45, 2.75) is 13.8 Å². The van der Waals surface area contributed by atoms with Crippen LogP contribution in [-0.4, -0.2) is 27.5 Å². The maximum absolute atomic E-state index is 12.2. The Labute approximate surface area is 192 Å². The summed E-state index contributed by atoms with van der Waals surface area (Å²) in [5, 5.41) is 9.25. The summed E-state index contributed by atoms with van der Waals surface area (Å²) in [5.74, 6) is 3.04. The van der Waals surface area contributed by atoms with Gasteiger partial charge in [-0.15, -0.1) is 0 Å². The highest BCUT2D eigenvalue weighted by Gasteiger charge is 2.06. The fourth-order valence-corrected chi connectivity index (χ4v) is 3.03. The number of nitrogens with zero attached hydrogens (tertiary/aromatic N) is 3. The first-order valence-corrected chi connectivity index (χ1v) is 10.4. The number of benzene rings is 2. The summed E-state index contributed by atoms with van der Waals surface area (Å²) in [5.41, 5.74) is 2.64. The number of rotatable bonds is 8. The molecule has 0 aliphatic rings. The highest BCUT2D eigenvalue weighted by Crippen LogP contribution is 2.21. The SMILES string of the molecule is Cc1ccc(OCC(=O)Nc2ccc(Nc3cc(Nc4ccccn4)nc(C)n3)cc2)cc1. The fraction of sp³-hybridized carbons (Fsp3) is 0.120. The van der Waals surface area contributed by atoms with Crippen LogP contribution in [0.3, 0.4) is 0 Å². The molecule has 33 heavy (non-hydrogen) atoms. The quantitative estimate of drug-likeness (QED) is 0.355. The van der Waals surface area contributed by atoms with Crippen LogP contribution in [0.4, 0.5) is 28.8 Å². The molecule has 4 aromatic rings. The van der Waals surface area contributed by atoms with Crippen LogP contribution in [-0.2, 0) is 4.79 Å². The summed E-state index contributed by atoms with van der Waals surface area (Å²) >= 11 is 0. The third-order valence-electron chi connectivity index (χ3n) is 4.59. The van der Waals surface area contributed by atoms with E-state index in [4.69, 9.17) is 4.74 Å². The molecule has 4 rings (SSSR count). The molecule has 0 fully saturated rings. The van der Waals surface area contributed by atoms with E-state index < -0.39 is 0 Å². The molecular formula is C25H24N6O2. The summed E-state index contributed by atoms with van der Waals surface area (Å²) in [4.78, 5) is 25.3. The van der Waals surface area contributed by atoms with Crippen LogP contribution in [0.15, 0.2) is 79.0 Å². The molecule has 166 valence electrons. The van der Waals surface area contributed by atoms with E-state index in [0.717, 1.165) is 11.3 Å². The van der Waals surface area contributed by atoms with E-state index in [1.54, 1.807) is 12.3 Å². The molecule has 8 heteroatoms. The van der Waals surface area contributed by atoms with Crippen molar-refractivity contribution in [1.29, 1.82) is 0 Å². The highest BCUT2D eigenvalue weighted by atomic mass is 16.5. The molecule has 2 aromatic heterocycles. The van der Waals surface area contributed by atoms with Gasteiger partial charge >= 0.3 is 0 Å². The Morgan fingerprint density at radius 3 is 2.21 bits per heavy atom. The van der Waals surface area contributed by atoms with E-state index in [1.165, 1.54) is 0 Å². The van der Waals surface area contributed by atoms with Crippen LogP contribution in [0.25, 0.3) is 0 Å². The number of anilines is 5. The smallest absolute Gasteiger partial charge is 0.262 e. The molecule has 3 N–H and O–H groups in total. The second kappa shape index (κ2) is 10.2. The van der Waals surface area contributed by atoms with Gasteiger partial charge in [-0.2, -0.15) is 0 Å². The lowest BCUT2D eigenvalue weighted by Gasteiger charge is -2.11. The van der Waals surface area contributed by atoms with Crippen LogP contribution < -0.4 is 20.7 Å². The van der Waals surface area contributed by atoms with Crippen LogP contribution >= 0.6 is 0 Å². The maximum Gasteiger partial charge on any atom is 0.262 e. The fourth-order valence-electron chi connectivity index (χ4n) is 3.03. The normalized spacial score (nSPS) is 10.4. The van der Waals surface area contributed by atoms with Gasteiger partial charge in [-0.05, 0) is 62.4 Å². The summed E-state index contributed by atoms with van der Waals surface area (Å²) in [7, 11) is 0. The van der Waals surface area contributed by atoms with Crippen molar-refractivity contribution in [3.63, 3.8) is 0 Å². The van der Waals surface area contributed by atoms with Crippen molar-refractivity contribution >= 4 is 34.7 Å². The van der Waals surface area contributed by atoms with Gasteiger partial charge in [-0.25, -0.2) is 15.0 Å². The van der Waals surface area contributed by atoms with Crippen LogP contribution in [0, 0.1) is 13.8 Å². The first-order chi connectivity index (χ1) is 16.0. The van der Waals surface area contributed by atoms with E-state index in [1.807, 2.05) is 80.6 Å². The Balaban J connectivity index is 1.33. The number of aryl methyl sites for hydroxylation is 2. The first-order valence-electron chi connectivity index (χ1n) is 10.4. The zero-order valence-electron chi connectivity index (χ0n) is 18.4. The number of hydrogen-bond acceptors (Lipinski definition) is 7. The molecule has 0 spiro atoms. The second-order valence-electron chi connectivity index (χ2n) is 7.38. The van der Waals surface area contributed by atoms with Gasteiger partial charge in [-0.3, -0.25) is 4.79 Å². The Bertz CT molecular complexity index is 1210. The Hall–Kier alpha value is -4.46. The standard InChI is InChI=1S/C25H24N6O2/c1-17-6-12-21(13-7-17)33-16-25(32)30-20-10-8-19(9-11-20)29-23-15-24(28-18(2)27-23)31-22-5-3-4-14-26-22/h3-15H,16H2,1-2H3,(H,30,32)(H2,26,27,28,29,31). The minimum absolute atomic E-state index is 0.0602. The van der Waals surface area contributed by atoms with E-state index >= 15 is 0 Å². The van der Waals surface area contributed by atoms with Gasteiger partial charge < -0.3 is 20.7 Å². The molecule has 0 unspecified atom stereocenters. The van der Waals surface area contributed by atoms with Crippen molar-refractivity contribution in [3.05, 3.63) is 90.4 Å². The number of nitrogens with one attached hydrogen (secondary N) is 3. The third kappa shape index (κ3) is 6.51. The molecule has 0 saturated heterocycles. The van der Waals surface area contributed by atoms with E-state index in [-0.39, 0.29) is 12.5 Å². The van der Waals surface area contributed by atoms with Crippen LogP contribution in [0.2, 0.25) is 0 Å². The molecule has 2 heterocycles. The summed E-state index contributed by atoms with van der Waals surface area (Å²) in [6, 6.07) is 22.3. The van der Waals surface area contributed by atoms with E-state index in [0.29, 0.717) is 34.7 Å². The molecule has 8 nitrogen and oxygen atoms in total. The molecule has 0 bridgehead atoms. The molecular weight excluding hydrogens is 416 g/mol. The maximum atomic E-state index is 12.2. The average Bonchev–Trinajstić information content (AvgIpc) is 2.80. The van der Waals surface area contributed by atoms with Crippen LogP contribution in [0.1, 0.15) is 11.4 Å². The zero-order valence-corrected chi connectivity index (χ0v) is 18.4. The predicted octanol–water partition coefficient (Wildman–Crippen LogP) is 4.99. The van der Waals surface area contributed by atoms with Crippen molar-refractivity contribution in [3.8, 4) is 5.75 Å². The predicted molar refractivity (Wildman–Crippen MR) is 129 cm³/mol. The number of hydrogen-bond donors (Lipinski definition) is 3. The average molecular weight is 441 g/mol. The summed E-state index contributed by atoms with van der Waals surface area (Å²) in [6.07, 6.45) is 1.71. The second-order valence-corrected chi connectivity index (χ2v) is 7.38. The number of pyridine rings is 1. The largest absolute Gasteiger partial charge is 0.484 e. The molecule has 0 aliphatic carbocycles. The molecule has 2 aromatic carbocycles. The minimum Gasteiger partial charge on any atom is -0.484 e. The molecule has 0 radical (unpaired) electrons. The lowest BCUT2D eigenvalue weighted by molar-refractivity contribution is -0.118. The number of carbonyl (C=O) groups is 1. The minimum atomic E-state index is -0.229. The lowest BCUT2D eigenvalue weighted by Crippen LogP contribution is -2.20. The van der Waals surface area contributed by atoms with E-state index in [2.05, 4.69) is 30.9 Å². The molecule has 0 aliphatic heterocycles. The molecule has 0 atom stereocenters. The van der Waals surface area contributed by atoms with Gasteiger partial charge in [0.1, 0.15) is 29.0 Å². The van der Waals surface area contributed by atoms with Crippen molar-refractivity contribution in [2.75, 3.05) is 22.6 Å². The monoisotopic (exact) mass is 440 g/mol. The molecule has 0 saturated carbocycles. The number of aromatic nitrogens is 3. The Morgan fingerprint density at radius 1 is 0.818 bits per heavy atom.